The van der Waals surface area contributed by atoms with Crippen molar-refractivity contribution in [3.05, 3.63) is 18.0 Å². The van der Waals surface area contributed by atoms with Crippen LogP contribution in [0.1, 0.15) is 12.5 Å². The first-order valence-corrected chi connectivity index (χ1v) is 5.43. The number of nitrogens with one attached hydrogen (secondary N) is 2. The van der Waals surface area contributed by atoms with Crippen molar-refractivity contribution in [2.24, 2.45) is 0 Å². The van der Waals surface area contributed by atoms with E-state index < -0.39 is 24.7 Å². The van der Waals surface area contributed by atoms with Crippen LogP contribution in [0.2, 0.25) is 0 Å². The average molecular weight is 284 g/mol. The van der Waals surface area contributed by atoms with E-state index >= 15 is 0 Å². The number of halogens is 5. The van der Waals surface area contributed by atoms with Crippen LogP contribution < -0.4 is 10.6 Å². The van der Waals surface area contributed by atoms with E-state index in [9.17, 15) is 22.0 Å². The minimum atomic E-state index is -4.48. The second kappa shape index (κ2) is 6.60. The molecule has 1 aromatic rings. The first-order valence-electron chi connectivity index (χ1n) is 5.43. The summed E-state index contributed by atoms with van der Waals surface area (Å²) in [4.78, 5) is 6.99. The van der Waals surface area contributed by atoms with Crippen molar-refractivity contribution in [1.29, 1.82) is 0 Å². The monoisotopic (exact) mass is 284 g/mol. The maximum absolute atomic E-state index is 12.2. The number of anilines is 1. The van der Waals surface area contributed by atoms with Gasteiger partial charge in [-0.3, -0.25) is 0 Å². The predicted molar refractivity (Wildman–Crippen MR) is 59.0 cm³/mol. The molecule has 0 fully saturated rings. The fourth-order valence-corrected chi connectivity index (χ4v) is 1.17. The van der Waals surface area contributed by atoms with Crippen molar-refractivity contribution in [1.82, 2.24) is 15.3 Å². The molecule has 0 spiro atoms. The van der Waals surface area contributed by atoms with Crippen molar-refractivity contribution >= 4 is 5.95 Å². The Morgan fingerprint density at radius 1 is 1.16 bits per heavy atom. The summed E-state index contributed by atoms with van der Waals surface area (Å²) in [6, 6.07) is -0.292. The minimum Gasteiger partial charge on any atom is -0.353 e. The molecule has 19 heavy (non-hydrogen) atoms. The van der Waals surface area contributed by atoms with Crippen molar-refractivity contribution in [2.45, 2.75) is 25.6 Å². The van der Waals surface area contributed by atoms with Gasteiger partial charge in [0.15, 0.2) is 0 Å². The molecule has 0 aliphatic heterocycles. The molecule has 0 aliphatic carbocycles. The Bertz CT molecular complexity index is 379. The van der Waals surface area contributed by atoms with E-state index in [0.717, 1.165) is 0 Å². The van der Waals surface area contributed by atoms with Crippen LogP contribution in [-0.4, -0.2) is 35.5 Å². The highest BCUT2D eigenvalue weighted by Gasteiger charge is 2.31. The van der Waals surface area contributed by atoms with Gasteiger partial charge < -0.3 is 10.6 Å². The van der Waals surface area contributed by atoms with E-state index in [0.29, 0.717) is 12.4 Å². The summed E-state index contributed by atoms with van der Waals surface area (Å²) in [6.45, 7) is 1.42. The van der Waals surface area contributed by atoms with Gasteiger partial charge in [0.25, 0.3) is 6.43 Å². The molecule has 0 radical (unpaired) electrons. The summed E-state index contributed by atoms with van der Waals surface area (Å²) in [5.74, 6) is 0.0127. The number of hydrogen-bond acceptors (Lipinski definition) is 4. The van der Waals surface area contributed by atoms with Gasteiger partial charge in [-0.05, 0) is 6.92 Å². The van der Waals surface area contributed by atoms with Crippen LogP contribution in [-0.2, 0) is 6.18 Å². The number of hydrogen-bond donors (Lipinski definition) is 2. The Morgan fingerprint density at radius 3 is 2.21 bits per heavy atom. The van der Waals surface area contributed by atoms with Gasteiger partial charge in [0.1, 0.15) is 0 Å². The molecular weight excluding hydrogens is 271 g/mol. The zero-order valence-corrected chi connectivity index (χ0v) is 10.0. The summed E-state index contributed by atoms with van der Waals surface area (Å²) in [5, 5.41) is 5.19. The van der Waals surface area contributed by atoms with Crippen molar-refractivity contribution < 1.29 is 22.0 Å². The summed E-state index contributed by atoms with van der Waals surface area (Å²) in [7, 11) is 0. The Morgan fingerprint density at radius 2 is 1.74 bits per heavy atom. The number of alkyl halides is 5. The lowest BCUT2D eigenvalue weighted by Crippen LogP contribution is -2.36. The smallest absolute Gasteiger partial charge is 0.353 e. The quantitative estimate of drug-likeness (QED) is 0.786. The van der Waals surface area contributed by atoms with Crippen LogP contribution >= 0.6 is 0 Å². The molecule has 2 N–H and O–H groups in total. The second-order valence-corrected chi connectivity index (χ2v) is 3.87. The normalized spacial score (nSPS) is 13.6. The lowest BCUT2D eigenvalue weighted by Gasteiger charge is -2.14. The molecule has 108 valence electrons. The van der Waals surface area contributed by atoms with E-state index in [-0.39, 0.29) is 18.5 Å². The largest absolute Gasteiger partial charge is 0.419 e. The molecule has 1 rings (SSSR count). The third-order valence-corrected chi connectivity index (χ3v) is 2.17. The van der Waals surface area contributed by atoms with Crippen LogP contribution in [0.3, 0.4) is 0 Å². The van der Waals surface area contributed by atoms with Crippen molar-refractivity contribution in [3.63, 3.8) is 0 Å². The van der Waals surface area contributed by atoms with Gasteiger partial charge in [-0.2, -0.15) is 13.2 Å². The van der Waals surface area contributed by atoms with Crippen LogP contribution in [0.15, 0.2) is 12.4 Å². The van der Waals surface area contributed by atoms with Crippen molar-refractivity contribution in [2.75, 3.05) is 18.4 Å². The summed E-state index contributed by atoms with van der Waals surface area (Å²) in [6.07, 6.45) is -5.62. The van der Waals surface area contributed by atoms with E-state index in [1.807, 2.05) is 0 Å². The number of rotatable bonds is 6. The maximum Gasteiger partial charge on any atom is 0.419 e. The molecule has 1 aromatic heterocycles. The van der Waals surface area contributed by atoms with Crippen molar-refractivity contribution in [3.8, 4) is 0 Å². The molecule has 0 saturated carbocycles. The topological polar surface area (TPSA) is 49.8 Å². The van der Waals surface area contributed by atoms with Gasteiger partial charge in [0.05, 0.1) is 12.1 Å². The van der Waals surface area contributed by atoms with E-state index in [4.69, 9.17) is 0 Å². The lowest BCUT2D eigenvalue weighted by atomic mass is 10.3. The SMILES string of the molecule is C[C@@H](CNc1ncc(C(F)(F)F)cn1)NCC(F)F. The van der Waals surface area contributed by atoms with Crippen LogP contribution in [0.25, 0.3) is 0 Å². The Labute approximate surface area is 106 Å². The third-order valence-electron chi connectivity index (χ3n) is 2.17. The molecule has 9 heteroatoms. The fraction of sp³-hybridized carbons (Fsp3) is 0.600. The Hall–Kier alpha value is -1.51. The molecule has 0 aliphatic rings. The molecule has 4 nitrogen and oxygen atoms in total. The predicted octanol–water partition coefficient (Wildman–Crippen LogP) is 2.15. The van der Waals surface area contributed by atoms with E-state index in [1.54, 1.807) is 6.92 Å². The Kier molecular flexibility index (Phi) is 5.40. The van der Waals surface area contributed by atoms with Gasteiger partial charge in [-0.1, -0.05) is 0 Å². The first kappa shape index (κ1) is 15.5. The van der Waals surface area contributed by atoms with Crippen LogP contribution in [0.5, 0.6) is 0 Å². The molecule has 0 saturated heterocycles. The molecule has 0 amide bonds. The van der Waals surface area contributed by atoms with Gasteiger partial charge in [0, 0.05) is 25.0 Å². The zero-order chi connectivity index (χ0) is 14.5. The summed E-state index contributed by atoms with van der Waals surface area (Å²) in [5.41, 5.74) is -0.943. The van der Waals surface area contributed by atoms with Gasteiger partial charge in [-0.15, -0.1) is 0 Å². The average Bonchev–Trinajstić information content (AvgIpc) is 2.33. The highest BCUT2D eigenvalue weighted by atomic mass is 19.4. The molecular formula is C10H13F5N4. The maximum atomic E-state index is 12.2. The number of nitrogens with zero attached hydrogens (tertiary/aromatic N) is 2. The van der Waals surface area contributed by atoms with Crippen LogP contribution in [0.4, 0.5) is 27.9 Å². The van der Waals surface area contributed by atoms with Crippen LogP contribution in [0, 0.1) is 0 Å². The molecule has 1 atom stereocenters. The Balaban J connectivity index is 2.42. The lowest BCUT2D eigenvalue weighted by molar-refractivity contribution is -0.138. The molecule has 0 aromatic carbocycles. The first-order chi connectivity index (χ1) is 8.79. The van der Waals surface area contributed by atoms with Gasteiger partial charge >= 0.3 is 6.18 Å². The molecule has 0 unspecified atom stereocenters. The third kappa shape index (κ3) is 5.77. The highest BCUT2D eigenvalue weighted by molar-refractivity contribution is 5.25. The number of aromatic nitrogens is 2. The minimum absolute atomic E-state index is 0.0127. The molecule has 1 heterocycles. The zero-order valence-electron chi connectivity index (χ0n) is 10.0. The summed E-state index contributed by atoms with van der Waals surface area (Å²) < 4.78 is 60.5. The van der Waals surface area contributed by atoms with Gasteiger partial charge in [-0.25, -0.2) is 18.7 Å². The highest BCUT2D eigenvalue weighted by Crippen LogP contribution is 2.27. The second-order valence-electron chi connectivity index (χ2n) is 3.87. The standard InChI is InChI=1S/C10H13F5N4/c1-6(16-5-8(11)12)2-17-9-18-3-7(4-19-9)10(13,14)15/h3-4,6,8,16H,2,5H2,1H3,(H,17,18,19)/t6-/m0/s1. The van der Waals surface area contributed by atoms with E-state index in [2.05, 4.69) is 20.6 Å². The van der Waals surface area contributed by atoms with E-state index in [1.165, 1.54) is 0 Å². The van der Waals surface area contributed by atoms with Gasteiger partial charge in [0.2, 0.25) is 5.95 Å². The molecule has 0 bridgehead atoms. The summed E-state index contributed by atoms with van der Waals surface area (Å²) >= 11 is 0. The fourth-order valence-electron chi connectivity index (χ4n) is 1.17.